The van der Waals surface area contributed by atoms with Crippen LogP contribution in [-0.4, -0.2) is 11.1 Å². The molecule has 2 aromatic rings. The van der Waals surface area contributed by atoms with Crippen LogP contribution in [0.25, 0.3) is 0 Å². The second-order valence-corrected chi connectivity index (χ2v) is 4.36. The molecule has 1 N–H and O–H groups in total. The molecule has 0 aliphatic rings. The molecule has 0 spiro atoms. The minimum Gasteiger partial charge on any atom is -0.489 e. The van der Waals surface area contributed by atoms with Gasteiger partial charge in [-0.05, 0) is 23.8 Å². The van der Waals surface area contributed by atoms with Crippen molar-refractivity contribution in [3.05, 3.63) is 65.0 Å². The Morgan fingerprint density at radius 2 is 1.76 bits per heavy atom. The van der Waals surface area contributed by atoms with Crippen molar-refractivity contribution >= 4 is 5.97 Å². The molecular weight excluding hydrogens is 285 g/mol. The van der Waals surface area contributed by atoms with Crippen molar-refractivity contribution in [3.63, 3.8) is 0 Å². The number of hydrogen-bond acceptors (Lipinski definition) is 2. The number of ether oxygens (including phenoxy) is 1. The van der Waals surface area contributed by atoms with Crippen LogP contribution in [0.3, 0.4) is 0 Å². The Hall–Kier alpha value is -2.50. The van der Waals surface area contributed by atoms with Gasteiger partial charge in [-0.2, -0.15) is 0 Å². The normalized spacial score (nSPS) is 10.4. The molecular formula is C15H11F3O3. The lowest BCUT2D eigenvalue weighted by Crippen LogP contribution is -2.02. The molecule has 0 aliphatic heterocycles. The fourth-order valence-corrected chi connectivity index (χ4v) is 1.75. The predicted molar refractivity (Wildman–Crippen MR) is 68.4 cm³/mol. The zero-order valence-electron chi connectivity index (χ0n) is 10.8. The summed E-state index contributed by atoms with van der Waals surface area (Å²) in [5, 5.41) is 8.63. The zero-order valence-corrected chi connectivity index (χ0v) is 10.8. The first-order valence-electron chi connectivity index (χ1n) is 6.02. The zero-order chi connectivity index (χ0) is 15.4. The maximum Gasteiger partial charge on any atom is 0.307 e. The Kier molecular flexibility index (Phi) is 4.47. The van der Waals surface area contributed by atoms with Gasteiger partial charge in [0, 0.05) is 11.6 Å². The standard InChI is InChI=1S/C15H11F3O3/c16-11-6-10(15(18)13(17)7-11)8-21-12-3-1-9(2-4-12)5-14(19)20/h1-4,6-7H,5,8H2,(H,19,20). The number of aliphatic carboxylic acids is 1. The Balaban J connectivity index is 2.05. The van der Waals surface area contributed by atoms with Crippen LogP contribution >= 0.6 is 0 Å². The van der Waals surface area contributed by atoms with Crippen molar-refractivity contribution in [2.75, 3.05) is 0 Å². The fourth-order valence-electron chi connectivity index (χ4n) is 1.75. The molecule has 0 fully saturated rings. The van der Waals surface area contributed by atoms with Crippen molar-refractivity contribution in [1.29, 1.82) is 0 Å². The summed E-state index contributed by atoms with van der Waals surface area (Å²) in [5.74, 6) is -3.93. The highest BCUT2D eigenvalue weighted by Gasteiger charge is 2.11. The maximum atomic E-state index is 13.4. The third-order valence-electron chi connectivity index (χ3n) is 2.74. The molecule has 0 aromatic heterocycles. The van der Waals surface area contributed by atoms with E-state index in [4.69, 9.17) is 9.84 Å². The van der Waals surface area contributed by atoms with E-state index in [9.17, 15) is 18.0 Å². The van der Waals surface area contributed by atoms with Crippen LogP contribution in [0.15, 0.2) is 36.4 Å². The van der Waals surface area contributed by atoms with E-state index in [-0.39, 0.29) is 18.6 Å². The van der Waals surface area contributed by atoms with E-state index in [2.05, 4.69) is 0 Å². The quantitative estimate of drug-likeness (QED) is 0.861. The molecule has 0 heterocycles. The van der Waals surface area contributed by atoms with Gasteiger partial charge in [0.2, 0.25) is 0 Å². The first kappa shape index (κ1) is 14.9. The summed E-state index contributed by atoms with van der Waals surface area (Å²) in [6, 6.07) is 7.42. The van der Waals surface area contributed by atoms with Gasteiger partial charge < -0.3 is 9.84 Å². The minimum absolute atomic E-state index is 0.121. The number of carboxylic acids is 1. The number of hydrogen-bond donors (Lipinski definition) is 1. The molecule has 2 rings (SSSR count). The summed E-state index contributed by atoms with van der Waals surface area (Å²) in [4.78, 5) is 10.5. The van der Waals surface area contributed by atoms with Crippen LogP contribution in [0.4, 0.5) is 13.2 Å². The van der Waals surface area contributed by atoms with Crippen LogP contribution in [0.5, 0.6) is 5.75 Å². The van der Waals surface area contributed by atoms with Crippen molar-refractivity contribution in [3.8, 4) is 5.75 Å². The number of carboxylic acid groups (broad SMARTS) is 1. The van der Waals surface area contributed by atoms with Crippen LogP contribution < -0.4 is 4.74 Å². The summed E-state index contributed by atoms with van der Waals surface area (Å²) < 4.78 is 44.6. The lowest BCUT2D eigenvalue weighted by atomic mass is 10.1. The number of rotatable bonds is 5. The molecule has 0 unspecified atom stereocenters. The highest BCUT2D eigenvalue weighted by Crippen LogP contribution is 2.18. The number of halogens is 3. The summed E-state index contributed by atoms with van der Waals surface area (Å²) in [6.45, 7) is -0.335. The van der Waals surface area contributed by atoms with Crippen molar-refractivity contribution < 1.29 is 27.8 Å². The van der Waals surface area contributed by atoms with Gasteiger partial charge in [0.1, 0.15) is 18.2 Å². The molecule has 0 radical (unpaired) electrons. The van der Waals surface area contributed by atoms with E-state index in [0.717, 1.165) is 6.07 Å². The predicted octanol–water partition coefficient (Wildman–Crippen LogP) is 3.31. The highest BCUT2D eigenvalue weighted by atomic mass is 19.2. The summed E-state index contributed by atoms with van der Waals surface area (Å²) in [7, 11) is 0. The third kappa shape index (κ3) is 3.98. The van der Waals surface area contributed by atoms with Crippen molar-refractivity contribution in [2.24, 2.45) is 0 Å². The van der Waals surface area contributed by atoms with E-state index in [1.54, 1.807) is 12.1 Å². The SMILES string of the molecule is O=C(O)Cc1ccc(OCc2cc(F)cc(F)c2F)cc1. The molecule has 110 valence electrons. The van der Waals surface area contributed by atoms with Gasteiger partial charge in [-0.3, -0.25) is 4.79 Å². The highest BCUT2D eigenvalue weighted by molar-refractivity contribution is 5.70. The Morgan fingerprint density at radius 3 is 2.38 bits per heavy atom. The monoisotopic (exact) mass is 296 g/mol. The van der Waals surface area contributed by atoms with E-state index in [1.165, 1.54) is 12.1 Å². The van der Waals surface area contributed by atoms with Crippen molar-refractivity contribution in [2.45, 2.75) is 13.0 Å². The van der Waals surface area contributed by atoms with Gasteiger partial charge in [0.05, 0.1) is 6.42 Å². The second kappa shape index (κ2) is 6.30. The number of benzene rings is 2. The van der Waals surface area contributed by atoms with Gasteiger partial charge in [-0.25, -0.2) is 13.2 Å². The van der Waals surface area contributed by atoms with Gasteiger partial charge in [-0.1, -0.05) is 12.1 Å². The smallest absolute Gasteiger partial charge is 0.307 e. The van der Waals surface area contributed by atoms with E-state index < -0.39 is 23.4 Å². The molecule has 0 saturated heterocycles. The lowest BCUT2D eigenvalue weighted by molar-refractivity contribution is -0.136. The molecule has 0 aliphatic carbocycles. The van der Waals surface area contributed by atoms with Crippen LogP contribution in [0, 0.1) is 17.5 Å². The van der Waals surface area contributed by atoms with Crippen LogP contribution in [0.2, 0.25) is 0 Å². The molecule has 3 nitrogen and oxygen atoms in total. The third-order valence-corrected chi connectivity index (χ3v) is 2.74. The average Bonchev–Trinajstić information content (AvgIpc) is 2.42. The molecule has 0 atom stereocenters. The largest absolute Gasteiger partial charge is 0.489 e. The molecule has 0 amide bonds. The van der Waals surface area contributed by atoms with E-state index in [0.29, 0.717) is 17.4 Å². The van der Waals surface area contributed by atoms with Crippen LogP contribution in [0.1, 0.15) is 11.1 Å². The van der Waals surface area contributed by atoms with Gasteiger partial charge in [0.15, 0.2) is 11.6 Å². The summed E-state index contributed by atoms with van der Waals surface area (Å²) in [6.07, 6.45) is -0.121. The molecule has 2 aromatic carbocycles. The summed E-state index contributed by atoms with van der Waals surface area (Å²) >= 11 is 0. The first-order valence-corrected chi connectivity index (χ1v) is 6.02. The molecule has 21 heavy (non-hydrogen) atoms. The second-order valence-electron chi connectivity index (χ2n) is 4.36. The first-order chi connectivity index (χ1) is 9.95. The molecule has 6 heteroatoms. The average molecular weight is 296 g/mol. The van der Waals surface area contributed by atoms with Crippen molar-refractivity contribution in [1.82, 2.24) is 0 Å². The lowest BCUT2D eigenvalue weighted by Gasteiger charge is -2.08. The van der Waals surface area contributed by atoms with Crippen LogP contribution in [-0.2, 0) is 17.8 Å². The van der Waals surface area contributed by atoms with Gasteiger partial charge >= 0.3 is 5.97 Å². The minimum atomic E-state index is -1.27. The molecule has 0 saturated carbocycles. The Bertz CT molecular complexity index is 654. The van der Waals surface area contributed by atoms with E-state index in [1.807, 2.05) is 0 Å². The fraction of sp³-hybridized carbons (Fsp3) is 0.133. The molecule has 0 bridgehead atoms. The summed E-state index contributed by atoms with van der Waals surface area (Å²) in [5.41, 5.74) is 0.347. The number of carbonyl (C=O) groups is 1. The maximum absolute atomic E-state index is 13.4. The Labute approximate surface area is 118 Å². The topological polar surface area (TPSA) is 46.5 Å². The van der Waals surface area contributed by atoms with E-state index >= 15 is 0 Å². The Morgan fingerprint density at radius 1 is 1.10 bits per heavy atom. The van der Waals surface area contributed by atoms with Gasteiger partial charge in [0.25, 0.3) is 0 Å². The van der Waals surface area contributed by atoms with Gasteiger partial charge in [-0.15, -0.1) is 0 Å².